The number of fused-ring (bicyclic) bond motifs is 2. The highest BCUT2D eigenvalue weighted by Crippen LogP contribution is 2.45. The second-order valence-corrected chi connectivity index (χ2v) is 7.60. The molecule has 114 valence electrons. The van der Waals surface area contributed by atoms with E-state index in [9.17, 15) is 4.79 Å². The van der Waals surface area contributed by atoms with E-state index in [2.05, 4.69) is 18.7 Å². The topological polar surface area (TPSA) is 40.5 Å². The van der Waals surface area contributed by atoms with E-state index in [-0.39, 0.29) is 0 Å². The summed E-state index contributed by atoms with van der Waals surface area (Å²) in [6.45, 7) is 4.85. The molecule has 3 fully saturated rings. The largest absolute Gasteiger partial charge is 0.481 e. The maximum Gasteiger partial charge on any atom is 0.303 e. The van der Waals surface area contributed by atoms with Gasteiger partial charge in [-0.1, -0.05) is 26.7 Å². The van der Waals surface area contributed by atoms with Crippen LogP contribution in [-0.2, 0) is 4.79 Å². The Morgan fingerprint density at radius 3 is 2.35 bits per heavy atom. The minimum atomic E-state index is -0.609. The van der Waals surface area contributed by atoms with Crippen LogP contribution in [0.3, 0.4) is 0 Å². The lowest BCUT2D eigenvalue weighted by Crippen LogP contribution is -2.53. The molecule has 20 heavy (non-hydrogen) atoms. The normalized spacial score (nSPS) is 45.5. The van der Waals surface area contributed by atoms with Crippen LogP contribution in [0, 0.1) is 17.8 Å². The van der Waals surface area contributed by atoms with Crippen LogP contribution in [0.2, 0.25) is 0 Å². The Labute approximate surface area is 122 Å². The second-order valence-electron chi connectivity index (χ2n) is 7.60. The van der Waals surface area contributed by atoms with Crippen LogP contribution in [0.5, 0.6) is 0 Å². The van der Waals surface area contributed by atoms with Crippen LogP contribution in [0.25, 0.3) is 0 Å². The Morgan fingerprint density at radius 1 is 1.10 bits per heavy atom. The summed E-state index contributed by atoms with van der Waals surface area (Å²) in [5.74, 6) is 1.48. The Bertz CT molecular complexity index is 356. The first-order valence-corrected chi connectivity index (χ1v) is 8.55. The summed E-state index contributed by atoms with van der Waals surface area (Å²) in [4.78, 5) is 13.8. The van der Waals surface area contributed by atoms with Gasteiger partial charge >= 0.3 is 5.97 Å². The van der Waals surface area contributed by atoms with Crippen molar-refractivity contribution in [2.24, 2.45) is 17.8 Å². The number of carboxylic acids is 1. The number of nitrogens with zero attached hydrogens (tertiary/aromatic N) is 1. The molecule has 3 heteroatoms. The molecule has 0 aromatic rings. The predicted octanol–water partition coefficient (Wildman–Crippen LogP) is 3.53. The van der Waals surface area contributed by atoms with Crippen molar-refractivity contribution in [1.82, 2.24) is 4.90 Å². The van der Waals surface area contributed by atoms with E-state index in [0.717, 1.165) is 30.7 Å². The SMILES string of the molecule is CC1CCCC(N2C3CCC2CC(CC(=O)O)C3)C1C. The molecule has 5 atom stereocenters. The van der Waals surface area contributed by atoms with Gasteiger partial charge in [-0.3, -0.25) is 9.69 Å². The molecule has 1 saturated carbocycles. The summed E-state index contributed by atoms with van der Waals surface area (Å²) in [7, 11) is 0. The predicted molar refractivity (Wildman–Crippen MR) is 79.6 cm³/mol. The molecule has 2 saturated heterocycles. The van der Waals surface area contributed by atoms with E-state index >= 15 is 0 Å². The highest BCUT2D eigenvalue weighted by molar-refractivity contribution is 5.67. The van der Waals surface area contributed by atoms with Gasteiger partial charge in [-0.15, -0.1) is 0 Å². The number of rotatable bonds is 3. The Kier molecular flexibility index (Phi) is 4.07. The van der Waals surface area contributed by atoms with E-state index in [1.54, 1.807) is 0 Å². The molecule has 0 amide bonds. The lowest BCUT2D eigenvalue weighted by atomic mass is 9.75. The molecule has 3 nitrogen and oxygen atoms in total. The van der Waals surface area contributed by atoms with Crippen molar-refractivity contribution in [1.29, 1.82) is 0 Å². The highest BCUT2D eigenvalue weighted by atomic mass is 16.4. The third kappa shape index (κ3) is 2.61. The van der Waals surface area contributed by atoms with E-state index in [1.807, 2.05) is 0 Å². The van der Waals surface area contributed by atoms with Gasteiger partial charge in [0.05, 0.1) is 0 Å². The minimum Gasteiger partial charge on any atom is -0.481 e. The van der Waals surface area contributed by atoms with Gasteiger partial charge in [-0.25, -0.2) is 0 Å². The average Bonchev–Trinajstić information content (AvgIpc) is 2.64. The minimum absolute atomic E-state index is 0.386. The second kappa shape index (κ2) is 5.67. The standard InChI is InChI=1S/C17H29NO2/c1-11-4-3-5-16(12(11)2)18-14-6-7-15(18)9-13(8-14)10-17(19)20/h11-16H,3-10H2,1-2H3,(H,19,20). The summed E-state index contributed by atoms with van der Waals surface area (Å²) in [5.41, 5.74) is 0. The molecule has 0 aromatic carbocycles. The van der Waals surface area contributed by atoms with Gasteiger partial charge < -0.3 is 5.11 Å². The first-order chi connectivity index (χ1) is 9.56. The number of carboxylic acid groups (broad SMARTS) is 1. The van der Waals surface area contributed by atoms with Gasteiger partial charge in [0, 0.05) is 24.5 Å². The number of hydrogen-bond acceptors (Lipinski definition) is 2. The van der Waals surface area contributed by atoms with Gasteiger partial charge in [-0.05, 0) is 49.9 Å². The number of hydrogen-bond donors (Lipinski definition) is 1. The maximum absolute atomic E-state index is 11.0. The zero-order valence-electron chi connectivity index (χ0n) is 12.9. The van der Waals surface area contributed by atoms with Crippen molar-refractivity contribution < 1.29 is 9.90 Å². The highest BCUT2D eigenvalue weighted by Gasteiger charge is 2.46. The Hall–Kier alpha value is -0.570. The molecule has 0 spiro atoms. The molecular weight excluding hydrogens is 250 g/mol. The van der Waals surface area contributed by atoms with Gasteiger partial charge in [0.25, 0.3) is 0 Å². The maximum atomic E-state index is 11.0. The number of carbonyl (C=O) groups is 1. The summed E-state index contributed by atoms with van der Waals surface area (Å²) < 4.78 is 0. The smallest absolute Gasteiger partial charge is 0.303 e. The summed E-state index contributed by atoms with van der Waals surface area (Å²) in [6, 6.07) is 2.12. The van der Waals surface area contributed by atoms with Crippen molar-refractivity contribution in [3.8, 4) is 0 Å². The van der Waals surface area contributed by atoms with Crippen molar-refractivity contribution in [3.63, 3.8) is 0 Å². The molecule has 1 N–H and O–H groups in total. The zero-order valence-corrected chi connectivity index (χ0v) is 12.9. The molecule has 5 unspecified atom stereocenters. The third-order valence-electron chi connectivity index (χ3n) is 6.40. The fourth-order valence-corrected chi connectivity index (χ4v) is 5.26. The lowest BCUT2D eigenvalue weighted by molar-refractivity contribution is -0.138. The van der Waals surface area contributed by atoms with Crippen molar-refractivity contribution >= 4 is 5.97 Å². The molecule has 3 aliphatic rings. The van der Waals surface area contributed by atoms with Crippen LogP contribution >= 0.6 is 0 Å². The van der Waals surface area contributed by atoms with Crippen LogP contribution in [0.15, 0.2) is 0 Å². The van der Waals surface area contributed by atoms with Crippen LogP contribution in [0.1, 0.15) is 65.2 Å². The third-order valence-corrected chi connectivity index (χ3v) is 6.40. The zero-order chi connectivity index (χ0) is 14.3. The fourth-order valence-electron chi connectivity index (χ4n) is 5.26. The average molecular weight is 279 g/mol. The molecule has 3 rings (SSSR count). The van der Waals surface area contributed by atoms with Gasteiger partial charge in [0.2, 0.25) is 0 Å². The van der Waals surface area contributed by atoms with Gasteiger partial charge in [0.1, 0.15) is 0 Å². The Balaban J connectivity index is 1.69. The molecule has 2 heterocycles. The Morgan fingerprint density at radius 2 is 1.75 bits per heavy atom. The number of aliphatic carboxylic acids is 1. The summed E-state index contributed by atoms with van der Waals surface area (Å²) in [5, 5.41) is 9.04. The first kappa shape index (κ1) is 14.4. The fraction of sp³-hybridized carbons (Fsp3) is 0.941. The van der Waals surface area contributed by atoms with Crippen molar-refractivity contribution in [2.75, 3.05) is 0 Å². The molecule has 0 aromatic heterocycles. The van der Waals surface area contributed by atoms with E-state index in [0.29, 0.717) is 24.4 Å². The molecule has 1 aliphatic carbocycles. The summed E-state index contributed by atoms with van der Waals surface area (Å²) >= 11 is 0. The monoisotopic (exact) mass is 279 g/mol. The van der Waals surface area contributed by atoms with E-state index < -0.39 is 5.97 Å². The van der Waals surface area contributed by atoms with Crippen LogP contribution in [0.4, 0.5) is 0 Å². The van der Waals surface area contributed by atoms with E-state index in [1.165, 1.54) is 32.1 Å². The number of piperidine rings is 1. The lowest BCUT2D eigenvalue weighted by Gasteiger charge is -2.48. The van der Waals surface area contributed by atoms with Gasteiger partial charge in [-0.2, -0.15) is 0 Å². The van der Waals surface area contributed by atoms with Crippen LogP contribution in [-0.4, -0.2) is 34.1 Å². The van der Waals surface area contributed by atoms with Crippen molar-refractivity contribution in [3.05, 3.63) is 0 Å². The molecule has 2 bridgehead atoms. The van der Waals surface area contributed by atoms with Crippen LogP contribution < -0.4 is 0 Å². The van der Waals surface area contributed by atoms with E-state index in [4.69, 9.17) is 5.11 Å². The van der Waals surface area contributed by atoms with Crippen molar-refractivity contribution in [2.45, 2.75) is 83.3 Å². The van der Waals surface area contributed by atoms with Gasteiger partial charge in [0.15, 0.2) is 0 Å². The molecule has 2 aliphatic heterocycles. The summed E-state index contributed by atoms with van der Waals surface area (Å²) in [6.07, 6.45) is 9.38. The first-order valence-electron chi connectivity index (χ1n) is 8.55. The quantitative estimate of drug-likeness (QED) is 0.859. The molecular formula is C17H29NO2. The molecule has 0 radical (unpaired) electrons.